The molecule has 1 N–H and O–H groups in total. The molecule has 2 heteroatoms. The van der Waals surface area contributed by atoms with Gasteiger partial charge in [-0.25, -0.2) is 0 Å². The Labute approximate surface area is 99.8 Å². The number of nitrogens with one attached hydrogen (secondary N) is 1. The fourth-order valence-electron chi connectivity index (χ4n) is 2.53. The first kappa shape index (κ1) is 12.0. The van der Waals surface area contributed by atoms with E-state index >= 15 is 0 Å². The largest absolute Gasteiger partial charge is 0.314 e. The summed E-state index contributed by atoms with van der Waals surface area (Å²) in [6.07, 6.45) is 13.7. The van der Waals surface area contributed by atoms with E-state index in [0.29, 0.717) is 0 Å². The van der Waals surface area contributed by atoms with Gasteiger partial charge in [0.1, 0.15) is 0 Å². The van der Waals surface area contributed by atoms with Crippen LogP contribution >= 0.6 is 0 Å². The van der Waals surface area contributed by atoms with Crippen LogP contribution in [0.2, 0.25) is 0 Å². The number of piperidine rings is 1. The molecular formula is C14H24N2. The predicted molar refractivity (Wildman–Crippen MR) is 68.3 cm³/mol. The molecule has 0 spiro atoms. The van der Waals surface area contributed by atoms with E-state index in [4.69, 9.17) is 6.42 Å². The van der Waals surface area contributed by atoms with Gasteiger partial charge in [0.25, 0.3) is 0 Å². The second kappa shape index (κ2) is 6.27. The topological polar surface area (TPSA) is 15.3 Å². The number of hydrogen-bond acceptors (Lipinski definition) is 2. The molecule has 1 aliphatic carbocycles. The Morgan fingerprint density at radius 3 is 2.56 bits per heavy atom. The Morgan fingerprint density at radius 1 is 1.19 bits per heavy atom. The van der Waals surface area contributed by atoms with Gasteiger partial charge < -0.3 is 5.32 Å². The number of likely N-dealkylation sites (tertiary alicyclic amines) is 1. The molecule has 1 saturated heterocycles. The monoisotopic (exact) mass is 220 g/mol. The summed E-state index contributed by atoms with van der Waals surface area (Å²) < 4.78 is 0. The van der Waals surface area contributed by atoms with Gasteiger partial charge in [0.05, 0.1) is 6.54 Å². The van der Waals surface area contributed by atoms with Crippen molar-refractivity contribution in [1.29, 1.82) is 0 Å². The zero-order chi connectivity index (χ0) is 11.2. The van der Waals surface area contributed by atoms with Gasteiger partial charge >= 0.3 is 0 Å². The Hall–Kier alpha value is -0.520. The summed E-state index contributed by atoms with van der Waals surface area (Å²) in [5.41, 5.74) is 0. The summed E-state index contributed by atoms with van der Waals surface area (Å²) in [5.74, 6) is 3.81. The number of hydrogen-bond donors (Lipinski definition) is 1. The van der Waals surface area contributed by atoms with Gasteiger partial charge in [0.2, 0.25) is 0 Å². The standard InChI is InChI=1S/C14H24N2/c1-2-10-16-11-7-14(8-12-16)15-9-3-4-13-5-6-13/h1,13-15H,3-12H2. The maximum absolute atomic E-state index is 5.32. The van der Waals surface area contributed by atoms with Gasteiger partial charge in [-0.3, -0.25) is 4.90 Å². The fourth-order valence-corrected chi connectivity index (χ4v) is 2.53. The van der Waals surface area contributed by atoms with Gasteiger partial charge in [0.15, 0.2) is 0 Å². The smallest absolute Gasteiger partial charge is 0.0598 e. The van der Waals surface area contributed by atoms with Crippen LogP contribution in [0.25, 0.3) is 0 Å². The third kappa shape index (κ3) is 4.15. The lowest BCUT2D eigenvalue weighted by Crippen LogP contribution is -2.42. The van der Waals surface area contributed by atoms with Crippen LogP contribution in [0.5, 0.6) is 0 Å². The van der Waals surface area contributed by atoms with Crippen molar-refractivity contribution < 1.29 is 0 Å². The van der Waals surface area contributed by atoms with E-state index in [-0.39, 0.29) is 0 Å². The summed E-state index contributed by atoms with van der Waals surface area (Å²) >= 11 is 0. The number of rotatable bonds is 6. The van der Waals surface area contributed by atoms with Crippen LogP contribution in [0, 0.1) is 18.3 Å². The van der Waals surface area contributed by atoms with E-state index in [9.17, 15) is 0 Å². The zero-order valence-corrected chi connectivity index (χ0v) is 10.3. The third-order valence-electron chi connectivity index (χ3n) is 3.82. The fraction of sp³-hybridized carbons (Fsp3) is 0.857. The second-order valence-corrected chi connectivity index (χ2v) is 5.29. The van der Waals surface area contributed by atoms with Crippen molar-refractivity contribution in [1.82, 2.24) is 10.2 Å². The molecule has 1 aliphatic heterocycles. The average Bonchev–Trinajstić information content (AvgIpc) is 3.11. The Morgan fingerprint density at radius 2 is 1.94 bits per heavy atom. The maximum Gasteiger partial charge on any atom is 0.0598 e. The first-order valence-corrected chi connectivity index (χ1v) is 6.77. The second-order valence-electron chi connectivity index (χ2n) is 5.29. The summed E-state index contributed by atoms with van der Waals surface area (Å²) in [6, 6.07) is 0.744. The molecule has 2 nitrogen and oxygen atoms in total. The van der Waals surface area contributed by atoms with Crippen molar-refractivity contribution in [2.45, 2.75) is 44.6 Å². The minimum atomic E-state index is 0.744. The molecule has 16 heavy (non-hydrogen) atoms. The van der Waals surface area contributed by atoms with Crippen LogP contribution in [0.3, 0.4) is 0 Å². The molecule has 0 amide bonds. The van der Waals surface area contributed by atoms with Crippen LogP contribution in [-0.2, 0) is 0 Å². The van der Waals surface area contributed by atoms with Gasteiger partial charge in [-0.2, -0.15) is 0 Å². The molecule has 90 valence electrons. The van der Waals surface area contributed by atoms with Crippen molar-refractivity contribution in [3.05, 3.63) is 0 Å². The van der Waals surface area contributed by atoms with Gasteiger partial charge in [-0.05, 0) is 38.1 Å². The molecule has 0 aromatic rings. The van der Waals surface area contributed by atoms with Crippen LogP contribution in [0.1, 0.15) is 38.5 Å². The summed E-state index contributed by atoms with van der Waals surface area (Å²) in [4.78, 5) is 2.38. The molecule has 2 aliphatic rings. The van der Waals surface area contributed by atoms with Crippen molar-refractivity contribution in [2.24, 2.45) is 5.92 Å². The minimum absolute atomic E-state index is 0.744. The quantitative estimate of drug-likeness (QED) is 0.543. The van der Waals surface area contributed by atoms with Gasteiger partial charge in [-0.15, -0.1) is 6.42 Å². The minimum Gasteiger partial charge on any atom is -0.314 e. The van der Waals surface area contributed by atoms with Gasteiger partial charge in [-0.1, -0.05) is 18.8 Å². The maximum atomic E-state index is 5.32. The number of nitrogens with zero attached hydrogens (tertiary/aromatic N) is 1. The zero-order valence-electron chi connectivity index (χ0n) is 10.3. The molecule has 0 atom stereocenters. The molecular weight excluding hydrogens is 196 g/mol. The van der Waals surface area contributed by atoms with E-state index < -0.39 is 0 Å². The normalized spacial score (nSPS) is 23.2. The van der Waals surface area contributed by atoms with Crippen molar-refractivity contribution in [2.75, 3.05) is 26.2 Å². The van der Waals surface area contributed by atoms with Crippen molar-refractivity contribution >= 4 is 0 Å². The highest BCUT2D eigenvalue weighted by Crippen LogP contribution is 2.33. The van der Waals surface area contributed by atoms with E-state index in [1.54, 1.807) is 0 Å². The molecule has 2 rings (SSSR count). The molecule has 0 bridgehead atoms. The van der Waals surface area contributed by atoms with Crippen LogP contribution < -0.4 is 5.32 Å². The van der Waals surface area contributed by atoms with E-state index in [1.807, 2.05) is 0 Å². The van der Waals surface area contributed by atoms with Crippen molar-refractivity contribution in [3.8, 4) is 12.3 Å². The van der Waals surface area contributed by atoms with Gasteiger partial charge in [0, 0.05) is 19.1 Å². The highest BCUT2D eigenvalue weighted by atomic mass is 15.1. The molecule has 0 radical (unpaired) electrons. The summed E-state index contributed by atoms with van der Waals surface area (Å²) in [7, 11) is 0. The van der Waals surface area contributed by atoms with Crippen LogP contribution in [0.4, 0.5) is 0 Å². The van der Waals surface area contributed by atoms with Crippen LogP contribution in [0.15, 0.2) is 0 Å². The van der Waals surface area contributed by atoms with E-state index in [2.05, 4.69) is 16.1 Å². The predicted octanol–water partition coefficient (Wildman–Crippen LogP) is 1.86. The molecule has 1 saturated carbocycles. The summed E-state index contributed by atoms with van der Waals surface area (Å²) in [6.45, 7) is 4.39. The SMILES string of the molecule is C#CCN1CCC(NCCCC2CC2)CC1. The Kier molecular flexibility index (Phi) is 4.69. The highest BCUT2D eigenvalue weighted by molar-refractivity contribution is 4.90. The Balaban J connectivity index is 1.49. The number of terminal acetylenes is 1. The first-order valence-electron chi connectivity index (χ1n) is 6.77. The Bertz CT molecular complexity index is 232. The van der Waals surface area contributed by atoms with Crippen molar-refractivity contribution in [3.63, 3.8) is 0 Å². The first-order chi connectivity index (χ1) is 7.88. The molecule has 0 aromatic carbocycles. The van der Waals surface area contributed by atoms with E-state index in [0.717, 1.165) is 18.5 Å². The highest BCUT2D eigenvalue weighted by Gasteiger charge is 2.21. The van der Waals surface area contributed by atoms with Crippen LogP contribution in [-0.4, -0.2) is 37.1 Å². The lowest BCUT2D eigenvalue weighted by molar-refractivity contribution is 0.217. The molecule has 0 aromatic heterocycles. The molecule has 1 heterocycles. The lowest BCUT2D eigenvalue weighted by Gasteiger charge is -2.31. The average molecular weight is 220 g/mol. The lowest BCUT2D eigenvalue weighted by atomic mass is 10.0. The van der Waals surface area contributed by atoms with E-state index in [1.165, 1.54) is 58.2 Å². The third-order valence-corrected chi connectivity index (χ3v) is 3.82. The summed E-state index contributed by atoms with van der Waals surface area (Å²) in [5, 5.41) is 3.69. The molecule has 2 fully saturated rings. The molecule has 0 unspecified atom stereocenters.